The average molecular weight is 263 g/mol. The van der Waals surface area contributed by atoms with Gasteiger partial charge in [0.2, 0.25) is 5.91 Å². The van der Waals surface area contributed by atoms with Crippen LogP contribution in [0.25, 0.3) is 0 Å². The molecule has 1 amide bonds. The molecule has 2 heterocycles. The maximum Gasteiger partial charge on any atom is 0.249 e. The molecular formula is C14H17NO4. The topological polar surface area (TPSA) is 56.8 Å². The van der Waals surface area contributed by atoms with E-state index in [1.54, 1.807) is 0 Å². The predicted octanol–water partition coefficient (Wildman–Crippen LogP) is 1.25. The molecule has 5 heteroatoms. The number of hydrogen-bond acceptors (Lipinski definition) is 4. The number of carbonyl (C=O) groups is 1. The molecule has 1 atom stereocenters. The number of rotatable bonds is 3. The number of fused-ring (bicyclic) bond motifs is 1. The highest BCUT2D eigenvalue weighted by Crippen LogP contribution is 2.30. The molecular weight excluding hydrogens is 246 g/mol. The van der Waals surface area contributed by atoms with E-state index in [1.807, 2.05) is 18.2 Å². The fraction of sp³-hybridized carbons (Fsp3) is 0.500. The van der Waals surface area contributed by atoms with Gasteiger partial charge in [-0.15, -0.1) is 0 Å². The van der Waals surface area contributed by atoms with Gasteiger partial charge in [0.15, 0.2) is 11.5 Å². The summed E-state index contributed by atoms with van der Waals surface area (Å²) in [5.74, 6) is 1.47. The molecule has 19 heavy (non-hydrogen) atoms. The maximum absolute atomic E-state index is 11.8. The lowest BCUT2D eigenvalue weighted by molar-refractivity contribution is -0.130. The summed E-state index contributed by atoms with van der Waals surface area (Å²) < 4.78 is 16.3. The Morgan fingerprint density at radius 1 is 1.21 bits per heavy atom. The summed E-state index contributed by atoms with van der Waals surface area (Å²) in [7, 11) is 0. The van der Waals surface area contributed by atoms with Crippen molar-refractivity contribution >= 4 is 5.91 Å². The van der Waals surface area contributed by atoms with Gasteiger partial charge < -0.3 is 19.5 Å². The minimum absolute atomic E-state index is 0.0348. The third-order valence-corrected chi connectivity index (χ3v) is 3.30. The normalized spacial score (nSPS) is 21.2. The van der Waals surface area contributed by atoms with Crippen molar-refractivity contribution in [1.82, 2.24) is 5.32 Å². The number of ether oxygens (including phenoxy) is 3. The summed E-state index contributed by atoms with van der Waals surface area (Å²) in [6.07, 6.45) is 1.49. The van der Waals surface area contributed by atoms with Crippen LogP contribution < -0.4 is 14.8 Å². The van der Waals surface area contributed by atoms with Crippen LogP contribution in [0.15, 0.2) is 18.2 Å². The molecule has 3 rings (SSSR count). The van der Waals surface area contributed by atoms with Crippen LogP contribution in [0.1, 0.15) is 18.4 Å². The molecule has 1 N–H and O–H groups in total. The van der Waals surface area contributed by atoms with Crippen molar-refractivity contribution < 1.29 is 19.0 Å². The largest absolute Gasteiger partial charge is 0.486 e. The van der Waals surface area contributed by atoms with E-state index in [4.69, 9.17) is 14.2 Å². The average Bonchev–Trinajstić information content (AvgIpc) is 2.99. The minimum Gasteiger partial charge on any atom is -0.486 e. The van der Waals surface area contributed by atoms with Gasteiger partial charge in [0.25, 0.3) is 0 Å². The molecule has 0 aliphatic carbocycles. The van der Waals surface area contributed by atoms with Gasteiger partial charge in [0.05, 0.1) is 0 Å². The first-order valence-electron chi connectivity index (χ1n) is 6.61. The van der Waals surface area contributed by atoms with Crippen LogP contribution in [-0.2, 0) is 16.1 Å². The Labute approximate surface area is 111 Å². The van der Waals surface area contributed by atoms with E-state index in [-0.39, 0.29) is 12.0 Å². The first-order chi connectivity index (χ1) is 9.33. The van der Waals surface area contributed by atoms with Gasteiger partial charge in [-0.2, -0.15) is 0 Å². The quantitative estimate of drug-likeness (QED) is 0.891. The van der Waals surface area contributed by atoms with Crippen molar-refractivity contribution in [2.45, 2.75) is 25.5 Å². The molecule has 102 valence electrons. The van der Waals surface area contributed by atoms with Gasteiger partial charge in [-0.1, -0.05) is 6.07 Å². The molecule has 1 aromatic carbocycles. The third-order valence-electron chi connectivity index (χ3n) is 3.30. The lowest BCUT2D eigenvalue weighted by Crippen LogP contribution is -2.33. The third kappa shape index (κ3) is 2.81. The molecule has 1 fully saturated rings. The Morgan fingerprint density at radius 3 is 2.84 bits per heavy atom. The van der Waals surface area contributed by atoms with Crippen LogP contribution in [-0.4, -0.2) is 31.8 Å². The van der Waals surface area contributed by atoms with Crippen LogP contribution in [0.2, 0.25) is 0 Å². The lowest BCUT2D eigenvalue weighted by atomic mass is 10.2. The predicted molar refractivity (Wildman–Crippen MR) is 68.3 cm³/mol. The van der Waals surface area contributed by atoms with Crippen molar-refractivity contribution in [3.63, 3.8) is 0 Å². The van der Waals surface area contributed by atoms with Crippen LogP contribution >= 0.6 is 0 Å². The van der Waals surface area contributed by atoms with E-state index in [9.17, 15) is 4.79 Å². The van der Waals surface area contributed by atoms with Crippen molar-refractivity contribution in [3.8, 4) is 11.5 Å². The van der Waals surface area contributed by atoms with Gasteiger partial charge in [0.1, 0.15) is 19.3 Å². The van der Waals surface area contributed by atoms with Crippen LogP contribution in [0.4, 0.5) is 0 Å². The SMILES string of the molecule is O=C(NCc1ccc2c(c1)OCCO2)C1CCCO1. The summed E-state index contributed by atoms with van der Waals surface area (Å²) in [5, 5.41) is 2.89. The molecule has 1 unspecified atom stereocenters. The summed E-state index contributed by atoms with van der Waals surface area (Å²) in [4.78, 5) is 11.8. The summed E-state index contributed by atoms with van der Waals surface area (Å²) in [6.45, 7) is 2.32. The summed E-state index contributed by atoms with van der Waals surface area (Å²) >= 11 is 0. The molecule has 2 aliphatic rings. The Balaban J connectivity index is 1.59. The lowest BCUT2D eigenvalue weighted by Gasteiger charge is -2.19. The van der Waals surface area contributed by atoms with Gasteiger partial charge in [-0.05, 0) is 30.5 Å². The molecule has 0 saturated carbocycles. The highest BCUT2D eigenvalue weighted by Gasteiger charge is 2.23. The number of carbonyl (C=O) groups excluding carboxylic acids is 1. The van der Waals surface area contributed by atoms with Gasteiger partial charge >= 0.3 is 0 Å². The molecule has 2 aliphatic heterocycles. The van der Waals surface area contributed by atoms with E-state index in [1.165, 1.54) is 0 Å². The molecule has 0 radical (unpaired) electrons. The standard InChI is InChI=1S/C14H17NO4/c16-14(12-2-1-5-17-12)15-9-10-3-4-11-13(8-10)19-7-6-18-11/h3-4,8,12H,1-2,5-7,9H2,(H,15,16). The minimum atomic E-state index is -0.280. The zero-order chi connectivity index (χ0) is 13.1. The molecule has 1 aromatic rings. The molecule has 5 nitrogen and oxygen atoms in total. The second kappa shape index (κ2) is 5.48. The Hall–Kier alpha value is -1.75. The fourth-order valence-corrected chi connectivity index (χ4v) is 2.29. The zero-order valence-electron chi connectivity index (χ0n) is 10.7. The van der Waals surface area contributed by atoms with Crippen molar-refractivity contribution in [1.29, 1.82) is 0 Å². The molecule has 0 aromatic heterocycles. The molecule has 0 bridgehead atoms. The Kier molecular flexibility index (Phi) is 3.55. The zero-order valence-corrected chi connectivity index (χ0v) is 10.7. The number of nitrogens with one attached hydrogen (secondary N) is 1. The summed E-state index contributed by atoms with van der Waals surface area (Å²) in [6, 6.07) is 5.72. The van der Waals surface area contributed by atoms with Crippen LogP contribution in [0, 0.1) is 0 Å². The van der Waals surface area contributed by atoms with Crippen molar-refractivity contribution in [2.24, 2.45) is 0 Å². The monoisotopic (exact) mass is 263 g/mol. The highest BCUT2D eigenvalue weighted by atomic mass is 16.6. The number of amides is 1. The Morgan fingerprint density at radius 2 is 2.05 bits per heavy atom. The summed E-state index contributed by atoms with van der Waals surface area (Å²) in [5.41, 5.74) is 0.996. The van der Waals surface area contributed by atoms with Crippen LogP contribution in [0.5, 0.6) is 11.5 Å². The van der Waals surface area contributed by atoms with E-state index in [0.29, 0.717) is 26.4 Å². The fourth-order valence-electron chi connectivity index (χ4n) is 2.29. The molecule has 0 spiro atoms. The van der Waals surface area contributed by atoms with E-state index < -0.39 is 0 Å². The highest BCUT2D eigenvalue weighted by molar-refractivity contribution is 5.80. The van der Waals surface area contributed by atoms with Crippen molar-refractivity contribution in [2.75, 3.05) is 19.8 Å². The van der Waals surface area contributed by atoms with Gasteiger partial charge in [0, 0.05) is 13.2 Å². The van der Waals surface area contributed by atoms with Gasteiger partial charge in [-0.3, -0.25) is 4.79 Å². The van der Waals surface area contributed by atoms with E-state index >= 15 is 0 Å². The first-order valence-corrected chi connectivity index (χ1v) is 6.61. The van der Waals surface area contributed by atoms with E-state index in [2.05, 4.69) is 5.32 Å². The second-order valence-electron chi connectivity index (χ2n) is 4.70. The smallest absolute Gasteiger partial charge is 0.249 e. The van der Waals surface area contributed by atoms with Crippen molar-refractivity contribution in [3.05, 3.63) is 23.8 Å². The first kappa shape index (κ1) is 12.3. The van der Waals surface area contributed by atoms with Crippen LogP contribution in [0.3, 0.4) is 0 Å². The van der Waals surface area contributed by atoms with E-state index in [0.717, 1.165) is 29.9 Å². The maximum atomic E-state index is 11.8. The second-order valence-corrected chi connectivity index (χ2v) is 4.70. The molecule has 1 saturated heterocycles. The Bertz CT molecular complexity index is 469. The van der Waals surface area contributed by atoms with Gasteiger partial charge in [-0.25, -0.2) is 0 Å². The number of hydrogen-bond donors (Lipinski definition) is 1. The number of benzene rings is 1.